The Labute approximate surface area is 125 Å². The van der Waals surface area contributed by atoms with Crippen molar-refractivity contribution in [1.82, 2.24) is 4.98 Å². The molecule has 0 spiro atoms. The number of carboxylic acids is 1. The number of aromatic carboxylic acids is 1. The molecular weight excluding hydrogens is 375 g/mol. The molecule has 6 nitrogen and oxygen atoms in total. The number of hydrogen-bond donors (Lipinski definition) is 2. The van der Waals surface area contributed by atoms with Gasteiger partial charge in [0.1, 0.15) is 15.6 Å². The quantitative estimate of drug-likeness (QED) is 0.794. The van der Waals surface area contributed by atoms with Gasteiger partial charge in [-0.2, -0.15) is 4.39 Å². The average molecular weight is 381 g/mol. The molecule has 106 valence electrons. The van der Waals surface area contributed by atoms with Crippen LogP contribution >= 0.6 is 27.3 Å². The number of anilines is 1. The Balaban J connectivity index is 2.38. The van der Waals surface area contributed by atoms with Crippen LogP contribution in [0.15, 0.2) is 32.9 Å². The predicted molar refractivity (Wildman–Crippen MR) is 74.0 cm³/mol. The van der Waals surface area contributed by atoms with Crippen molar-refractivity contribution in [1.29, 1.82) is 0 Å². The number of pyridine rings is 1. The molecule has 2 rings (SSSR count). The highest BCUT2D eigenvalue weighted by atomic mass is 79.9. The van der Waals surface area contributed by atoms with Gasteiger partial charge in [0.05, 0.1) is 3.79 Å². The molecule has 0 radical (unpaired) electrons. The maximum absolute atomic E-state index is 12.9. The van der Waals surface area contributed by atoms with E-state index in [9.17, 15) is 17.6 Å². The van der Waals surface area contributed by atoms with Gasteiger partial charge >= 0.3 is 5.97 Å². The van der Waals surface area contributed by atoms with Gasteiger partial charge in [-0.15, -0.1) is 11.3 Å². The minimum absolute atomic E-state index is 0.135. The topological polar surface area (TPSA) is 96.4 Å². The van der Waals surface area contributed by atoms with E-state index >= 15 is 0 Å². The Morgan fingerprint density at radius 3 is 2.70 bits per heavy atom. The summed E-state index contributed by atoms with van der Waals surface area (Å²) < 4.78 is 39.3. The van der Waals surface area contributed by atoms with Crippen molar-refractivity contribution >= 4 is 49.1 Å². The summed E-state index contributed by atoms with van der Waals surface area (Å²) in [5.74, 6) is -2.26. The third-order valence-corrected chi connectivity index (χ3v) is 5.70. The predicted octanol–water partition coefficient (Wildman–Crippen LogP) is 2.54. The second-order valence-corrected chi connectivity index (χ2v) is 7.53. The van der Waals surface area contributed by atoms with Gasteiger partial charge < -0.3 is 5.11 Å². The zero-order chi connectivity index (χ0) is 14.9. The molecule has 2 N–H and O–H groups in total. The standard InChI is InChI=1S/C10H6BrFN2O4S2/c11-9-6(4-5(19-9)10(15)16)20(17,18)14-8-3-1-2-7(12)13-8/h1-4H,(H,13,14)(H,15,16). The fourth-order valence-corrected chi connectivity index (χ4v) is 4.70. The number of nitrogens with one attached hydrogen (secondary N) is 1. The van der Waals surface area contributed by atoms with Gasteiger partial charge in [-0.25, -0.2) is 18.2 Å². The average Bonchev–Trinajstić information content (AvgIpc) is 2.71. The monoisotopic (exact) mass is 380 g/mol. The summed E-state index contributed by atoms with van der Waals surface area (Å²) in [4.78, 5) is 13.8. The smallest absolute Gasteiger partial charge is 0.345 e. The first-order chi connectivity index (χ1) is 9.29. The molecule has 10 heteroatoms. The van der Waals surface area contributed by atoms with E-state index in [1.165, 1.54) is 12.1 Å². The largest absolute Gasteiger partial charge is 0.477 e. The highest BCUT2D eigenvalue weighted by Crippen LogP contribution is 2.32. The van der Waals surface area contributed by atoms with Crippen LogP contribution in [0.5, 0.6) is 0 Å². The summed E-state index contributed by atoms with van der Waals surface area (Å²) in [6.07, 6.45) is 0. The van der Waals surface area contributed by atoms with E-state index in [-0.39, 0.29) is 19.4 Å². The molecule has 20 heavy (non-hydrogen) atoms. The molecule has 0 saturated carbocycles. The summed E-state index contributed by atoms with van der Waals surface area (Å²) in [6, 6.07) is 4.66. The summed E-state index contributed by atoms with van der Waals surface area (Å²) >= 11 is 3.76. The van der Waals surface area contributed by atoms with Gasteiger partial charge in [-0.05, 0) is 34.1 Å². The molecule has 0 unspecified atom stereocenters. The van der Waals surface area contributed by atoms with Crippen molar-refractivity contribution in [3.8, 4) is 0 Å². The van der Waals surface area contributed by atoms with Crippen LogP contribution in [0.4, 0.5) is 10.2 Å². The van der Waals surface area contributed by atoms with Crippen molar-refractivity contribution in [2.24, 2.45) is 0 Å². The van der Waals surface area contributed by atoms with Gasteiger partial charge in [0, 0.05) is 0 Å². The van der Waals surface area contributed by atoms with Gasteiger partial charge in [0.25, 0.3) is 10.0 Å². The Morgan fingerprint density at radius 1 is 1.45 bits per heavy atom. The molecule has 0 atom stereocenters. The first kappa shape index (κ1) is 14.9. The van der Waals surface area contributed by atoms with Crippen LogP contribution in [0, 0.1) is 5.95 Å². The summed E-state index contributed by atoms with van der Waals surface area (Å²) in [7, 11) is -4.05. The molecule has 0 aliphatic rings. The van der Waals surface area contributed by atoms with E-state index in [0.717, 1.165) is 23.5 Å². The third kappa shape index (κ3) is 3.14. The number of hydrogen-bond acceptors (Lipinski definition) is 5. The van der Waals surface area contributed by atoms with Crippen molar-refractivity contribution in [3.63, 3.8) is 0 Å². The van der Waals surface area contributed by atoms with Crippen molar-refractivity contribution < 1.29 is 22.7 Å². The Kier molecular flexibility index (Phi) is 4.06. The van der Waals surface area contributed by atoms with Crippen LogP contribution in [-0.4, -0.2) is 24.5 Å². The first-order valence-electron chi connectivity index (χ1n) is 4.97. The molecule has 0 aliphatic heterocycles. The van der Waals surface area contributed by atoms with Crippen molar-refractivity contribution in [2.45, 2.75) is 4.90 Å². The number of nitrogens with zero attached hydrogens (tertiary/aromatic N) is 1. The van der Waals surface area contributed by atoms with Crippen LogP contribution in [0.1, 0.15) is 9.67 Å². The maximum Gasteiger partial charge on any atom is 0.345 e. The first-order valence-corrected chi connectivity index (χ1v) is 8.07. The lowest BCUT2D eigenvalue weighted by atomic mass is 10.5. The molecule has 0 fully saturated rings. The Bertz CT molecular complexity index is 775. The lowest BCUT2D eigenvalue weighted by molar-refractivity contribution is 0.0702. The lowest BCUT2D eigenvalue weighted by Crippen LogP contribution is -2.14. The van der Waals surface area contributed by atoms with Crippen LogP contribution in [0.25, 0.3) is 0 Å². The van der Waals surface area contributed by atoms with Gasteiger partial charge in [0.2, 0.25) is 5.95 Å². The molecule has 0 amide bonds. The fourth-order valence-electron chi connectivity index (χ4n) is 1.30. The SMILES string of the molecule is O=C(O)c1cc(S(=O)(=O)Nc2cccc(F)n2)c(Br)s1. The minimum Gasteiger partial charge on any atom is -0.477 e. The molecule has 2 aromatic heterocycles. The van der Waals surface area contributed by atoms with E-state index < -0.39 is 21.9 Å². The number of aromatic nitrogens is 1. The number of carbonyl (C=O) groups is 1. The molecular formula is C10H6BrFN2O4S2. The zero-order valence-electron chi connectivity index (χ0n) is 9.50. The minimum atomic E-state index is -4.05. The number of rotatable bonds is 4. The van der Waals surface area contributed by atoms with Crippen LogP contribution in [0.2, 0.25) is 0 Å². The maximum atomic E-state index is 12.9. The molecule has 0 aromatic carbocycles. The number of carboxylic acid groups (broad SMARTS) is 1. The number of halogens is 2. The summed E-state index contributed by atoms with van der Waals surface area (Å²) in [6.45, 7) is 0. The molecule has 0 bridgehead atoms. The molecule has 2 heterocycles. The fraction of sp³-hybridized carbons (Fsp3) is 0. The highest BCUT2D eigenvalue weighted by molar-refractivity contribution is 9.11. The van der Waals surface area contributed by atoms with E-state index in [1.807, 2.05) is 0 Å². The summed E-state index contributed by atoms with van der Waals surface area (Å²) in [5, 5.41) is 8.83. The van der Waals surface area contributed by atoms with E-state index in [1.54, 1.807) is 0 Å². The summed E-state index contributed by atoms with van der Waals surface area (Å²) in [5.41, 5.74) is 0. The zero-order valence-corrected chi connectivity index (χ0v) is 12.7. The van der Waals surface area contributed by atoms with Gasteiger partial charge in [-0.1, -0.05) is 6.07 Å². The Hall–Kier alpha value is -1.52. The van der Waals surface area contributed by atoms with Gasteiger partial charge in [0.15, 0.2) is 0 Å². The second kappa shape index (κ2) is 5.46. The normalized spacial score (nSPS) is 11.3. The van der Waals surface area contributed by atoms with Crippen LogP contribution in [-0.2, 0) is 10.0 Å². The van der Waals surface area contributed by atoms with Crippen LogP contribution < -0.4 is 4.72 Å². The lowest BCUT2D eigenvalue weighted by Gasteiger charge is -2.05. The third-order valence-electron chi connectivity index (χ3n) is 2.11. The van der Waals surface area contributed by atoms with E-state index in [0.29, 0.717) is 0 Å². The van der Waals surface area contributed by atoms with E-state index in [4.69, 9.17) is 5.11 Å². The van der Waals surface area contributed by atoms with E-state index in [2.05, 4.69) is 25.6 Å². The van der Waals surface area contributed by atoms with Gasteiger partial charge in [-0.3, -0.25) is 4.72 Å². The number of sulfonamides is 1. The van der Waals surface area contributed by atoms with Crippen molar-refractivity contribution in [3.05, 3.63) is 38.9 Å². The Morgan fingerprint density at radius 2 is 2.15 bits per heavy atom. The second-order valence-electron chi connectivity index (χ2n) is 3.50. The molecule has 0 saturated heterocycles. The molecule has 0 aliphatic carbocycles. The van der Waals surface area contributed by atoms with Crippen molar-refractivity contribution in [2.75, 3.05) is 4.72 Å². The highest BCUT2D eigenvalue weighted by Gasteiger charge is 2.23. The molecule has 2 aromatic rings. The number of thiophene rings is 1. The van der Waals surface area contributed by atoms with Crippen LogP contribution in [0.3, 0.4) is 0 Å².